The smallest absolute Gasteiger partial charge is 0.153 e. The normalized spacial score (nSPS) is 8.64. The van der Waals surface area contributed by atoms with Gasteiger partial charge in [-0.1, -0.05) is 5.92 Å². The van der Waals surface area contributed by atoms with E-state index in [4.69, 9.17) is 0 Å². The Morgan fingerprint density at radius 2 is 2.29 bits per heavy atom. The highest BCUT2D eigenvalue weighted by molar-refractivity contribution is 5.75. The van der Waals surface area contributed by atoms with Gasteiger partial charge in [-0.15, -0.1) is 0 Å². The summed E-state index contributed by atoms with van der Waals surface area (Å²) in [6, 6.07) is 1.24. The fraction of sp³-hybridized carbons (Fsp3) is 0.100. The Balaban J connectivity index is 2.96. The molecule has 3 nitrogen and oxygen atoms in total. The molecule has 0 N–H and O–H groups in total. The first-order chi connectivity index (χ1) is 6.77. The number of hydrogen-bond donors (Lipinski definition) is 0. The molecule has 0 saturated carbocycles. The summed E-state index contributed by atoms with van der Waals surface area (Å²) in [4.78, 5) is 23.9. The van der Waals surface area contributed by atoms with Gasteiger partial charge in [-0.25, -0.2) is 9.37 Å². The van der Waals surface area contributed by atoms with Crippen molar-refractivity contribution in [2.45, 2.75) is 6.42 Å². The van der Waals surface area contributed by atoms with Gasteiger partial charge in [-0.3, -0.25) is 4.79 Å². The predicted molar refractivity (Wildman–Crippen MR) is 47.1 cm³/mol. The molecule has 0 aliphatic rings. The molecular formula is C10H6FNO2. The van der Waals surface area contributed by atoms with Gasteiger partial charge in [0.2, 0.25) is 0 Å². The molecule has 0 bridgehead atoms. The first-order valence-electron chi connectivity index (χ1n) is 3.81. The maximum atomic E-state index is 12.8. The molecule has 0 unspecified atom stereocenters. The molecule has 1 heterocycles. The first kappa shape index (κ1) is 10.1. The molecule has 1 rings (SSSR count). The van der Waals surface area contributed by atoms with Crippen molar-refractivity contribution in [3.05, 3.63) is 29.3 Å². The van der Waals surface area contributed by atoms with Crippen LogP contribution in [0.5, 0.6) is 0 Å². The Morgan fingerprint density at radius 3 is 2.93 bits per heavy atom. The van der Waals surface area contributed by atoms with Gasteiger partial charge in [0.25, 0.3) is 0 Å². The zero-order valence-electron chi connectivity index (χ0n) is 7.16. The number of carbonyl (C=O) groups excluding carboxylic acids is 2. The van der Waals surface area contributed by atoms with Crippen molar-refractivity contribution in [3.8, 4) is 11.8 Å². The molecule has 0 aliphatic carbocycles. The molecule has 0 atom stereocenters. The highest BCUT2D eigenvalue weighted by Gasteiger charge is 2.01. The average molecular weight is 191 g/mol. The molecule has 70 valence electrons. The molecule has 14 heavy (non-hydrogen) atoms. The van der Waals surface area contributed by atoms with Crippen LogP contribution in [0, 0.1) is 17.7 Å². The van der Waals surface area contributed by atoms with Crippen LogP contribution >= 0.6 is 0 Å². The summed E-state index contributed by atoms with van der Waals surface area (Å²) in [6.45, 7) is 0. The van der Waals surface area contributed by atoms with E-state index in [0.717, 1.165) is 6.20 Å². The van der Waals surface area contributed by atoms with Crippen molar-refractivity contribution < 1.29 is 14.0 Å². The summed E-state index contributed by atoms with van der Waals surface area (Å²) < 4.78 is 12.8. The third kappa shape index (κ3) is 2.49. The first-order valence-corrected chi connectivity index (χ1v) is 3.81. The Bertz CT molecular complexity index is 418. The number of rotatable bonds is 2. The van der Waals surface area contributed by atoms with Crippen LogP contribution in [0.3, 0.4) is 0 Å². The van der Waals surface area contributed by atoms with Crippen molar-refractivity contribution in [2.75, 3.05) is 0 Å². The lowest BCUT2D eigenvalue weighted by Crippen LogP contribution is -1.92. The lowest BCUT2D eigenvalue weighted by atomic mass is 10.2. The SMILES string of the molecule is O=CCC#Cc1cc(C=O)c(F)cn1. The molecule has 0 saturated heterocycles. The summed E-state index contributed by atoms with van der Waals surface area (Å²) in [5.74, 6) is 4.35. The Kier molecular flexibility index (Phi) is 3.50. The van der Waals surface area contributed by atoms with Crippen LogP contribution in [0.25, 0.3) is 0 Å². The van der Waals surface area contributed by atoms with E-state index in [1.807, 2.05) is 0 Å². The van der Waals surface area contributed by atoms with Crippen LogP contribution in [0.1, 0.15) is 22.5 Å². The molecular weight excluding hydrogens is 185 g/mol. The second-order valence-electron chi connectivity index (χ2n) is 2.38. The van der Waals surface area contributed by atoms with Crippen LogP contribution in [0.2, 0.25) is 0 Å². The van der Waals surface area contributed by atoms with Gasteiger partial charge in [0.05, 0.1) is 18.2 Å². The number of aldehydes is 2. The average Bonchev–Trinajstić information content (AvgIpc) is 2.21. The lowest BCUT2D eigenvalue weighted by molar-refractivity contribution is -0.107. The zero-order valence-corrected chi connectivity index (χ0v) is 7.16. The minimum Gasteiger partial charge on any atom is -0.302 e. The number of pyridine rings is 1. The van der Waals surface area contributed by atoms with Gasteiger partial charge in [0.1, 0.15) is 12.0 Å². The standard InChI is InChI=1S/C10H6FNO2/c11-10-6-12-9(3-1-2-4-13)5-8(10)7-14/h4-7H,2H2. The molecule has 0 spiro atoms. The number of carbonyl (C=O) groups is 2. The van der Waals surface area contributed by atoms with E-state index in [-0.39, 0.29) is 17.7 Å². The number of aromatic nitrogens is 1. The van der Waals surface area contributed by atoms with Gasteiger partial charge in [-0.05, 0) is 12.0 Å². The summed E-state index contributed by atoms with van der Waals surface area (Å²) in [6.07, 6.45) is 2.06. The summed E-state index contributed by atoms with van der Waals surface area (Å²) in [5.41, 5.74) is 0.186. The molecule has 0 fully saturated rings. The maximum Gasteiger partial charge on any atom is 0.153 e. The van der Waals surface area contributed by atoms with Gasteiger partial charge >= 0.3 is 0 Å². The van der Waals surface area contributed by atoms with E-state index >= 15 is 0 Å². The molecule has 1 aromatic heterocycles. The number of halogens is 1. The summed E-state index contributed by atoms with van der Waals surface area (Å²) in [7, 11) is 0. The van der Waals surface area contributed by atoms with Crippen molar-refractivity contribution in [1.29, 1.82) is 0 Å². The van der Waals surface area contributed by atoms with E-state index in [2.05, 4.69) is 16.8 Å². The van der Waals surface area contributed by atoms with E-state index < -0.39 is 5.82 Å². The third-order valence-electron chi connectivity index (χ3n) is 1.41. The van der Waals surface area contributed by atoms with Crippen molar-refractivity contribution in [2.24, 2.45) is 0 Å². The van der Waals surface area contributed by atoms with Gasteiger partial charge in [0, 0.05) is 0 Å². The second-order valence-corrected chi connectivity index (χ2v) is 2.38. The van der Waals surface area contributed by atoms with E-state index in [0.29, 0.717) is 12.6 Å². The maximum absolute atomic E-state index is 12.8. The fourth-order valence-electron chi connectivity index (χ4n) is 0.796. The van der Waals surface area contributed by atoms with Crippen molar-refractivity contribution in [3.63, 3.8) is 0 Å². The second kappa shape index (κ2) is 4.87. The predicted octanol–water partition coefficient (Wildman–Crippen LogP) is 0.974. The zero-order chi connectivity index (χ0) is 10.4. The van der Waals surface area contributed by atoms with E-state index in [1.165, 1.54) is 6.07 Å². The van der Waals surface area contributed by atoms with Gasteiger partial charge < -0.3 is 4.79 Å². The molecule has 1 aromatic rings. The lowest BCUT2D eigenvalue weighted by Gasteiger charge is -1.93. The molecule has 0 radical (unpaired) electrons. The minimum atomic E-state index is -0.680. The topological polar surface area (TPSA) is 47.0 Å². The molecule has 0 aromatic carbocycles. The van der Waals surface area contributed by atoms with Crippen LogP contribution < -0.4 is 0 Å². The summed E-state index contributed by atoms with van der Waals surface area (Å²) >= 11 is 0. The van der Waals surface area contributed by atoms with Crippen LogP contribution in [-0.2, 0) is 4.79 Å². The number of hydrogen-bond acceptors (Lipinski definition) is 3. The summed E-state index contributed by atoms with van der Waals surface area (Å²) in [5, 5.41) is 0. The van der Waals surface area contributed by atoms with E-state index in [9.17, 15) is 14.0 Å². The highest BCUT2D eigenvalue weighted by atomic mass is 19.1. The monoisotopic (exact) mass is 191 g/mol. The van der Waals surface area contributed by atoms with Crippen LogP contribution in [0.15, 0.2) is 12.3 Å². The molecule has 0 amide bonds. The van der Waals surface area contributed by atoms with Gasteiger partial charge in [0.15, 0.2) is 12.1 Å². The van der Waals surface area contributed by atoms with E-state index in [1.54, 1.807) is 0 Å². The van der Waals surface area contributed by atoms with Gasteiger partial charge in [-0.2, -0.15) is 0 Å². The quantitative estimate of drug-likeness (QED) is 0.517. The molecule has 4 heteroatoms. The van der Waals surface area contributed by atoms with Crippen LogP contribution in [-0.4, -0.2) is 17.6 Å². The fourth-order valence-corrected chi connectivity index (χ4v) is 0.796. The van der Waals surface area contributed by atoms with Crippen LogP contribution in [0.4, 0.5) is 4.39 Å². The Hall–Kier alpha value is -2.02. The van der Waals surface area contributed by atoms with Crippen molar-refractivity contribution in [1.82, 2.24) is 4.98 Å². The Labute approximate surface area is 80.0 Å². The molecule has 0 aliphatic heterocycles. The largest absolute Gasteiger partial charge is 0.302 e. The van der Waals surface area contributed by atoms with Crippen molar-refractivity contribution >= 4 is 12.6 Å². The highest BCUT2D eigenvalue weighted by Crippen LogP contribution is 2.03. The third-order valence-corrected chi connectivity index (χ3v) is 1.41. The number of nitrogens with zero attached hydrogens (tertiary/aromatic N) is 1. The Morgan fingerprint density at radius 1 is 1.50 bits per heavy atom. The minimum absolute atomic E-state index is 0.0876.